The molecule has 0 saturated carbocycles. The van der Waals surface area contributed by atoms with E-state index in [-0.39, 0.29) is 28.1 Å². The van der Waals surface area contributed by atoms with E-state index in [9.17, 15) is 19.2 Å². The van der Waals surface area contributed by atoms with E-state index in [0.29, 0.717) is 21.7 Å². The summed E-state index contributed by atoms with van der Waals surface area (Å²) in [6.07, 6.45) is 3.13. The summed E-state index contributed by atoms with van der Waals surface area (Å²) in [6.45, 7) is 2.14. The topological polar surface area (TPSA) is 150 Å². The maximum Gasteiger partial charge on any atom is 0.266 e. The van der Waals surface area contributed by atoms with E-state index in [4.69, 9.17) is 11.5 Å². The van der Waals surface area contributed by atoms with Crippen molar-refractivity contribution in [3.8, 4) is 5.69 Å². The van der Waals surface area contributed by atoms with Crippen molar-refractivity contribution in [1.82, 2.24) is 9.55 Å². The first kappa shape index (κ1) is 26.6. The van der Waals surface area contributed by atoms with E-state index in [1.54, 1.807) is 24.3 Å². The van der Waals surface area contributed by atoms with Gasteiger partial charge in [-0.25, -0.2) is 4.98 Å². The Kier molecular flexibility index (Phi) is 8.22. The van der Waals surface area contributed by atoms with Crippen molar-refractivity contribution in [2.45, 2.75) is 31.3 Å². The first-order valence-corrected chi connectivity index (χ1v) is 13.0. The van der Waals surface area contributed by atoms with E-state index in [2.05, 4.69) is 17.2 Å². The van der Waals surface area contributed by atoms with Gasteiger partial charge in [-0.3, -0.25) is 23.7 Å². The summed E-state index contributed by atoms with van der Waals surface area (Å²) in [6, 6.07) is 18.8. The second-order valence-electron chi connectivity index (χ2n) is 8.69. The molecule has 0 atom stereocenters. The third-order valence-electron chi connectivity index (χ3n) is 5.88. The van der Waals surface area contributed by atoms with Gasteiger partial charge in [-0.05, 0) is 60.9 Å². The van der Waals surface area contributed by atoms with Crippen LogP contribution in [0.3, 0.4) is 0 Å². The maximum atomic E-state index is 13.5. The number of unbranched alkanes of at least 4 members (excludes halogenated alkanes) is 1. The van der Waals surface area contributed by atoms with Crippen molar-refractivity contribution < 1.29 is 14.4 Å². The number of hydrogen-bond acceptors (Lipinski definition) is 6. The van der Waals surface area contributed by atoms with E-state index >= 15 is 0 Å². The lowest BCUT2D eigenvalue weighted by Gasteiger charge is -2.14. The van der Waals surface area contributed by atoms with Crippen LogP contribution in [0.15, 0.2) is 76.7 Å². The predicted octanol–water partition coefficient (Wildman–Crippen LogP) is 3.66. The third kappa shape index (κ3) is 6.09. The normalized spacial score (nSPS) is 10.9. The standard InChI is InChI=1S/C28H27N5O4S/c1-2-3-6-17-9-11-21(12-10-17)33-27(37)22-7-4-5-8-23(22)32-28(33)38-16-24(34)31-20-14-18(25(29)35)13-19(15-20)26(30)36/h4-5,7-15H,2-3,6,16H2,1H3,(H2,29,35)(H2,30,36)(H,31,34). The number of carbonyl (C=O) groups excluding carboxylic acids is 3. The molecule has 4 rings (SSSR count). The molecule has 10 heteroatoms. The molecule has 0 fully saturated rings. The van der Waals surface area contributed by atoms with Crippen molar-refractivity contribution in [3.05, 3.63) is 93.8 Å². The summed E-state index contributed by atoms with van der Waals surface area (Å²) in [5.74, 6) is -2.05. The van der Waals surface area contributed by atoms with Crippen molar-refractivity contribution in [1.29, 1.82) is 0 Å². The minimum absolute atomic E-state index is 0.0386. The van der Waals surface area contributed by atoms with Crippen LogP contribution in [0.1, 0.15) is 46.0 Å². The van der Waals surface area contributed by atoms with Crippen molar-refractivity contribution in [3.63, 3.8) is 0 Å². The predicted molar refractivity (Wildman–Crippen MR) is 149 cm³/mol. The van der Waals surface area contributed by atoms with E-state index < -0.39 is 17.7 Å². The zero-order valence-corrected chi connectivity index (χ0v) is 21.6. The SMILES string of the molecule is CCCCc1ccc(-n2c(SCC(=O)Nc3cc(C(N)=O)cc(C(N)=O)c3)nc3ccccc3c2=O)cc1. The molecule has 0 aliphatic rings. The summed E-state index contributed by atoms with van der Waals surface area (Å²) in [5, 5.41) is 3.48. The van der Waals surface area contributed by atoms with Gasteiger partial charge in [0.15, 0.2) is 5.16 Å². The number of para-hydroxylation sites is 1. The Hall–Kier alpha value is -4.44. The number of aromatic nitrogens is 2. The molecule has 9 nitrogen and oxygen atoms in total. The minimum Gasteiger partial charge on any atom is -0.366 e. The lowest BCUT2D eigenvalue weighted by atomic mass is 10.1. The fourth-order valence-electron chi connectivity index (χ4n) is 3.94. The second-order valence-corrected chi connectivity index (χ2v) is 9.63. The zero-order valence-electron chi connectivity index (χ0n) is 20.8. The molecule has 0 saturated heterocycles. The lowest BCUT2D eigenvalue weighted by molar-refractivity contribution is -0.113. The number of hydrogen-bond donors (Lipinski definition) is 3. The molecule has 3 aromatic carbocycles. The summed E-state index contributed by atoms with van der Waals surface area (Å²) >= 11 is 1.09. The molecule has 0 aliphatic carbocycles. The molecule has 3 amide bonds. The number of primary amides is 2. The van der Waals surface area contributed by atoms with Crippen LogP contribution in [0.5, 0.6) is 0 Å². The van der Waals surface area contributed by atoms with Crippen LogP contribution >= 0.6 is 11.8 Å². The van der Waals surface area contributed by atoms with Crippen molar-refractivity contribution in [2.24, 2.45) is 11.5 Å². The van der Waals surface area contributed by atoms with Gasteiger partial charge in [0.05, 0.1) is 22.3 Å². The molecule has 38 heavy (non-hydrogen) atoms. The lowest BCUT2D eigenvalue weighted by Crippen LogP contribution is -2.23. The van der Waals surface area contributed by atoms with Gasteiger partial charge >= 0.3 is 0 Å². The molecular formula is C28H27N5O4S. The highest BCUT2D eigenvalue weighted by Gasteiger charge is 2.16. The Labute approximate surface area is 223 Å². The Morgan fingerprint density at radius 1 is 0.947 bits per heavy atom. The Morgan fingerprint density at radius 2 is 1.61 bits per heavy atom. The van der Waals surface area contributed by atoms with E-state index in [1.165, 1.54) is 28.3 Å². The van der Waals surface area contributed by atoms with Crippen molar-refractivity contribution in [2.75, 3.05) is 11.1 Å². The van der Waals surface area contributed by atoms with Gasteiger partial charge in [-0.15, -0.1) is 0 Å². The summed E-state index contributed by atoms with van der Waals surface area (Å²) in [7, 11) is 0. The molecular weight excluding hydrogens is 502 g/mol. The average Bonchev–Trinajstić information content (AvgIpc) is 2.91. The number of carbonyl (C=O) groups is 3. The number of nitrogens with two attached hydrogens (primary N) is 2. The fraction of sp³-hybridized carbons (Fsp3) is 0.179. The average molecular weight is 530 g/mol. The third-order valence-corrected chi connectivity index (χ3v) is 6.82. The number of nitrogens with one attached hydrogen (secondary N) is 1. The van der Waals surface area contributed by atoms with Crippen LogP contribution < -0.4 is 22.3 Å². The van der Waals surface area contributed by atoms with Crippen LogP contribution in [-0.2, 0) is 11.2 Å². The maximum absolute atomic E-state index is 13.5. The fourth-order valence-corrected chi connectivity index (χ4v) is 4.75. The van der Waals surface area contributed by atoms with Gasteiger partial charge in [0, 0.05) is 16.8 Å². The quantitative estimate of drug-likeness (QED) is 0.211. The number of nitrogens with zero attached hydrogens (tertiary/aromatic N) is 2. The number of anilines is 1. The van der Waals surface area contributed by atoms with Crippen LogP contribution in [0.2, 0.25) is 0 Å². The molecule has 0 bridgehead atoms. The van der Waals surface area contributed by atoms with E-state index in [1.807, 2.05) is 24.3 Å². The largest absolute Gasteiger partial charge is 0.366 e. The van der Waals surface area contributed by atoms with Crippen LogP contribution in [0.25, 0.3) is 16.6 Å². The molecule has 4 aromatic rings. The summed E-state index contributed by atoms with van der Waals surface area (Å²) in [4.78, 5) is 54.2. The Morgan fingerprint density at radius 3 is 2.24 bits per heavy atom. The highest BCUT2D eigenvalue weighted by Crippen LogP contribution is 2.23. The van der Waals surface area contributed by atoms with Crippen molar-refractivity contribution >= 4 is 46.1 Å². The molecule has 194 valence electrons. The number of benzene rings is 3. The van der Waals surface area contributed by atoms with Gasteiger partial charge in [-0.2, -0.15) is 0 Å². The highest BCUT2D eigenvalue weighted by molar-refractivity contribution is 7.99. The first-order valence-electron chi connectivity index (χ1n) is 12.0. The summed E-state index contributed by atoms with van der Waals surface area (Å²) in [5.41, 5.74) is 13.1. The number of rotatable bonds is 10. The zero-order chi connectivity index (χ0) is 27.2. The van der Waals surface area contributed by atoms with Gasteiger partial charge in [-0.1, -0.05) is 49.4 Å². The Bertz CT molecular complexity index is 1550. The minimum atomic E-state index is -0.761. The van der Waals surface area contributed by atoms with Gasteiger partial charge in [0.1, 0.15) is 0 Å². The number of aryl methyl sites for hydroxylation is 1. The summed E-state index contributed by atoms with van der Waals surface area (Å²) < 4.78 is 1.50. The number of thioether (sulfide) groups is 1. The monoisotopic (exact) mass is 529 g/mol. The molecule has 1 aromatic heterocycles. The van der Waals surface area contributed by atoms with Crippen LogP contribution in [0, 0.1) is 0 Å². The molecule has 0 aliphatic heterocycles. The number of fused-ring (bicyclic) bond motifs is 1. The molecule has 1 heterocycles. The first-order chi connectivity index (χ1) is 18.3. The Balaban J connectivity index is 1.62. The molecule has 0 spiro atoms. The van der Waals surface area contributed by atoms with Crippen LogP contribution in [0.4, 0.5) is 5.69 Å². The second kappa shape index (κ2) is 11.7. The molecule has 5 N–H and O–H groups in total. The van der Waals surface area contributed by atoms with Gasteiger partial charge in [0.2, 0.25) is 17.7 Å². The van der Waals surface area contributed by atoms with Gasteiger partial charge < -0.3 is 16.8 Å². The van der Waals surface area contributed by atoms with E-state index in [0.717, 1.165) is 31.0 Å². The number of amides is 3. The molecule has 0 radical (unpaired) electrons. The molecule has 0 unspecified atom stereocenters. The smallest absolute Gasteiger partial charge is 0.266 e. The van der Waals surface area contributed by atoms with Crippen LogP contribution in [-0.4, -0.2) is 33.0 Å². The van der Waals surface area contributed by atoms with Gasteiger partial charge in [0.25, 0.3) is 5.56 Å². The highest BCUT2D eigenvalue weighted by atomic mass is 32.2.